The summed E-state index contributed by atoms with van der Waals surface area (Å²) in [6.07, 6.45) is 10.3. The number of rotatable bonds is 5. The fraction of sp³-hybridized carbons (Fsp3) is 1.00. The van der Waals surface area contributed by atoms with Gasteiger partial charge in [0.1, 0.15) is 0 Å². The molecule has 2 rings (SSSR count). The van der Waals surface area contributed by atoms with Crippen LogP contribution in [0.4, 0.5) is 0 Å². The molecule has 1 spiro atoms. The number of hydrogen-bond acceptors (Lipinski definition) is 3. The van der Waals surface area contributed by atoms with Gasteiger partial charge in [0.15, 0.2) is 0 Å². The SMILES string of the molecule is CCC(C)(C(NC)C1CCOC2(CCCCC2)C1)N(C)C. The van der Waals surface area contributed by atoms with Gasteiger partial charge in [-0.25, -0.2) is 0 Å². The lowest BCUT2D eigenvalue weighted by Crippen LogP contribution is -2.61. The van der Waals surface area contributed by atoms with Crippen LogP contribution in [0, 0.1) is 5.92 Å². The summed E-state index contributed by atoms with van der Waals surface area (Å²) in [4.78, 5) is 2.41. The fourth-order valence-electron chi connectivity index (χ4n) is 4.76. The molecule has 3 nitrogen and oxygen atoms in total. The van der Waals surface area contributed by atoms with E-state index in [1.54, 1.807) is 0 Å². The Hall–Kier alpha value is -0.120. The summed E-state index contributed by atoms with van der Waals surface area (Å²) in [6, 6.07) is 0.542. The van der Waals surface area contributed by atoms with Gasteiger partial charge in [0.25, 0.3) is 0 Å². The van der Waals surface area contributed by atoms with E-state index in [9.17, 15) is 0 Å². The second-order valence-corrected chi connectivity index (χ2v) is 7.72. The van der Waals surface area contributed by atoms with Gasteiger partial charge in [0, 0.05) is 18.2 Å². The first-order valence-corrected chi connectivity index (χ1v) is 8.96. The molecule has 0 amide bonds. The molecule has 1 saturated carbocycles. The van der Waals surface area contributed by atoms with Gasteiger partial charge in [0.2, 0.25) is 0 Å². The fourth-order valence-corrected chi connectivity index (χ4v) is 4.76. The Morgan fingerprint density at radius 2 is 1.95 bits per heavy atom. The van der Waals surface area contributed by atoms with Gasteiger partial charge in [-0.3, -0.25) is 0 Å². The molecule has 1 heterocycles. The van der Waals surface area contributed by atoms with Crippen molar-refractivity contribution >= 4 is 0 Å². The summed E-state index contributed by atoms with van der Waals surface area (Å²) in [5, 5.41) is 3.67. The molecule has 124 valence electrons. The van der Waals surface area contributed by atoms with Gasteiger partial charge < -0.3 is 15.0 Å². The largest absolute Gasteiger partial charge is 0.375 e. The highest BCUT2D eigenvalue weighted by atomic mass is 16.5. The minimum Gasteiger partial charge on any atom is -0.375 e. The van der Waals surface area contributed by atoms with Crippen molar-refractivity contribution in [1.82, 2.24) is 10.2 Å². The molecule has 0 aromatic heterocycles. The van der Waals surface area contributed by atoms with Crippen LogP contribution in [0.1, 0.15) is 65.2 Å². The van der Waals surface area contributed by atoms with Crippen molar-refractivity contribution in [1.29, 1.82) is 0 Å². The predicted molar refractivity (Wildman–Crippen MR) is 89.7 cm³/mol. The maximum absolute atomic E-state index is 6.30. The number of nitrogens with one attached hydrogen (secondary N) is 1. The van der Waals surface area contributed by atoms with Crippen molar-refractivity contribution < 1.29 is 4.74 Å². The summed E-state index contributed by atoms with van der Waals surface area (Å²) in [5.41, 5.74) is 0.420. The highest BCUT2D eigenvalue weighted by Gasteiger charge is 2.45. The first-order valence-electron chi connectivity index (χ1n) is 8.96. The van der Waals surface area contributed by atoms with Crippen molar-refractivity contribution in [3.05, 3.63) is 0 Å². The van der Waals surface area contributed by atoms with Crippen molar-refractivity contribution in [3.63, 3.8) is 0 Å². The molecular formula is C18H36N2O. The van der Waals surface area contributed by atoms with Crippen molar-refractivity contribution in [2.45, 2.75) is 82.4 Å². The molecule has 0 aromatic carbocycles. The summed E-state index contributed by atoms with van der Waals surface area (Å²) < 4.78 is 6.30. The monoisotopic (exact) mass is 296 g/mol. The maximum Gasteiger partial charge on any atom is 0.0685 e. The topological polar surface area (TPSA) is 24.5 Å². The number of nitrogens with zero attached hydrogens (tertiary/aromatic N) is 1. The van der Waals surface area contributed by atoms with Gasteiger partial charge in [-0.15, -0.1) is 0 Å². The maximum atomic E-state index is 6.30. The summed E-state index contributed by atoms with van der Waals surface area (Å²) >= 11 is 0. The predicted octanol–water partition coefficient (Wildman–Crippen LogP) is 3.43. The van der Waals surface area contributed by atoms with Crippen LogP contribution in [-0.2, 0) is 4.74 Å². The molecule has 2 fully saturated rings. The quantitative estimate of drug-likeness (QED) is 0.841. The van der Waals surface area contributed by atoms with Gasteiger partial charge in [0.05, 0.1) is 5.60 Å². The van der Waals surface area contributed by atoms with Gasteiger partial charge in [-0.05, 0) is 66.1 Å². The Labute approximate surface area is 131 Å². The average molecular weight is 296 g/mol. The van der Waals surface area contributed by atoms with Gasteiger partial charge in [-0.1, -0.05) is 26.2 Å². The van der Waals surface area contributed by atoms with Crippen LogP contribution in [0.15, 0.2) is 0 Å². The molecule has 1 saturated heterocycles. The normalized spacial score (nSPS) is 30.3. The lowest BCUT2D eigenvalue weighted by Gasteiger charge is -2.51. The van der Waals surface area contributed by atoms with E-state index < -0.39 is 0 Å². The molecule has 1 N–H and O–H groups in total. The average Bonchev–Trinajstić information content (AvgIpc) is 2.48. The van der Waals surface area contributed by atoms with E-state index in [0.717, 1.165) is 12.5 Å². The first kappa shape index (κ1) is 17.2. The zero-order chi connectivity index (χ0) is 15.5. The van der Waals surface area contributed by atoms with E-state index in [4.69, 9.17) is 4.74 Å². The standard InChI is InChI=1S/C18H36N2O/c1-6-17(2,20(4)5)16(19-3)15-10-13-21-18(14-15)11-8-7-9-12-18/h15-16,19H,6-14H2,1-5H3. The Balaban J connectivity index is 2.14. The molecule has 1 aliphatic carbocycles. The summed E-state index contributed by atoms with van der Waals surface area (Å²) in [6.45, 7) is 5.69. The second kappa shape index (κ2) is 6.97. The molecule has 3 heteroatoms. The third-order valence-electron chi connectivity index (χ3n) is 6.49. The molecule has 0 radical (unpaired) electrons. The van der Waals surface area contributed by atoms with Gasteiger partial charge >= 0.3 is 0 Å². The van der Waals surface area contributed by atoms with E-state index in [0.29, 0.717) is 6.04 Å². The zero-order valence-electron chi connectivity index (χ0n) is 14.9. The molecule has 0 bridgehead atoms. The molecule has 3 atom stereocenters. The van der Waals surface area contributed by atoms with Crippen molar-refractivity contribution in [3.8, 4) is 0 Å². The molecule has 2 aliphatic rings. The van der Waals surface area contributed by atoms with E-state index in [2.05, 4.69) is 45.2 Å². The third kappa shape index (κ3) is 3.46. The van der Waals surface area contributed by atoms with Crippen LogP contribution in [0.3, 0.4) is 0 Å². The molecule has 3 unspecified atom stereocenters. The van der Waals surface area contributed by atoms with Gasteiger partial charge in [-0.2, -0.15) is 0 Å². The van der Waals surface area contributed by atoms with E-state index in [-0.39, 0.29) is 11.1 Å². The van der Waals surface area contributed by atoms with Crippen LogP contribution in [0.5, 0.6) is 0 Å². The van der Waals surface area contributed by atoms with Crippen LogP contribution in [-0.4, -0.2) is 49.8 Å². The molecular weight excluding hydrogens is 260 g/mol. The Bertz CT molecular complexity index is 320. The van der Waals surface area contributed by atoms with Crippen LogP contribution in [0.2, 0.25) is 0 Å². The minimum atomic E-state index is 0.206. The molecule has 21 heavy (non-hydrogen) atoms. The number of ether oxygens (including phenoxy) is 1. The molecule has 0 aromatic rings. The molecule has 1 aliphatic heterocycles. The zero-order valence-corrected chi connectivity index (χ0v) is 14.9. The van der Waals surface area contributed by atoms with Crippen LogP contribution < -0.4 is 5.32 Å². The second-order valence-electron chi connectivity index (χ2n) is 7.72. The van der Waals surface area contributed by atoms with Crippen LogP contribution in [0.25, 0.3) is 0 Å². The van der Waals surface area contributed by atoms with Crippen LogP contribution >= 0.6 is 0 Å². The summed E-state index contributed by atoms with van der Waals surface area (Å²) in [5.74, 6) is 0.731. The minimum absolute atomic E-state index is 0.206. The van der Waals surface area contributed by atoms with Crippen molar-refractivity contribution in [2.75, 3.05) is 27.7 Å². The Morgan fingerprint density at radius 3 is 2.48 bits per heavy atom. The van der Waals surface area contributed by atoms with E-state index in [1.165, 1.54) is 51.4 Å². The lowest BCUT2D eigenvalue weighted by molar-refractivity contribution is -0.128. The van der Waals surface area contributed by atoms with E-state index in [1.807, 2.05) is 0 Å². The Kier molecular flexibility index (Phi) is 5.72. The first-order chi connectivity index (χ1) is 9.97. The van der Waals surface area contributed by atoms with E-state index >= 15 is 0 Å². The highest BCUT2D eigenvalue weighted by molar-refractivity contribution is 5.01. The smallest absolute Gasteiger partial charge is 0.0685 e. The number of likely N-dealkylation sites (N-methyl/N-ethyl adjacent to an activating group) is 2. The van der Waals surface area contributed by atoms with Crippen molar-refractivity contribution in [2.24, 2.45) is 5.92 Å². The Morgan fingerprint density at radius 1 is 1.29 bits per heavy atom. The third-order valence-corrected chi connectivity index (χ3v) is 6.49. The number of hydrogen-bond donors (Lipinski definition) is 1. The highest BCUT2D eigenvalue weighted by Crippen LogP contribution is 2.43. The summed E-state index contributed by atoms with van der Waals surface area (Å²) in [7, 11) is 6.60. The lowest BCUT2D eigenvalue weighted by atomic mass is 9.69.